The first-order valence-corrected chi connectivity index (χ1v) is 8.61. The van der Waals surface area contributed by atoms with Crippen molar-refractivity contribution in [3.05, 3.63) is 23.8 Å². The number of anilines is 2. The number of hydrogen-bond acceptors (Lipinski definition) is 4. The number of rotatable bonds is 2. The van der Waals surface area contributed by atoms with Gasteiger partial charge in [0.1, 0.15) is 5.25 Å². The van der Waals surface area contributed by atoms with Gasteiger partial charge in [-0.1, -0.05) is 6.07 Å². The molecule has 1 unspecified atom stereocenters. The highest BCUT2D eigenvalue weighted by molar-refractivity contribution is 7.89. The fourth-order valence-electron chi connectivity index (χ4n) is 3.01. The van der Waals surface area contributed by atoms with Crippen molar-refractivity contribution < 1.29 is 18.0 Å². The van der Waals surface area contributed by atoms with Crippen molar-refractivity contribution in [1.29, 1.82) is 0 Å². The van der Waals surface area contributed by atoms with Gasteiger partial charge < -0.3 is 9.80 Å². The summed E-state index contributed by atoms with van der Waals surface area (Å²) in [6.45, 7) is 2.18. The van der Waals surface area contributed by atoms with Crippen molar-refractivity contribution >= 4 is 33.2 Å². The molecule has 22 heavy (non-hydrogen) atoms. The largest absolute Gasteiger partial charge is 0.312 e. The van der Waals surface area contributed by atoms with Crippen LogP contribution in [0.2, 0.25) is 0 Å². The van der Waals surface area contributed by atoms with Crippen LogP contribution in [0.4, 0.5) is 11.4 Å². The SMILES string of the molecule is CC(=O)N1CCc2ccc(N3CC(S(N)(=O)=O)CC3=O)cc21. The summed E-state index contributed by atoms with van der Waals surface area (Å²) >= 11 is 0. The van der Waals surface area contributed by atoms with E-state index in [2.05, 4.69) is 0 Å². The molecule has 2 amide bonds. The topological polar surface area (TPSA) is 101 Å². The minimum Gasteiger partial charge on any atom is -0.312 e. The molecule has 0 aliphatic carbocycles. The number of sulfonamides is 1. The van der Waals surface area contributed by atoms with Crippen molar-refractivity contribution in [3.8, 4) is 0 Å². The van der Waals surface area contributed by atoms with E-state index in [0.29, 0.717) is 12.2 Å². The minimum atomic E-state index is -3.74. The summed E-state index contributed by atoms with van der Waals surface area (Å²) in [5.41, 5.74) is 2.44. The molecule has 1 atom stereocenters. The third kappa shape index (κ3) is 2.48. The Morgan fingerprint density at radius 2 is 2.09 bits per heavy atom. The number of amides is 2. The first kappa shape index (κ1) is 15.0. The molecule has 8 heteroatoms. The molecule has 2 N–H and O–H groups in total. The molecule has 1 aromatic carbocycles. The van der Waals surface area contributed by atoms with Crippen molar-refractivity contribution in [3.63, 3.8) is 0 Å². The Hall–Kier alpha value is -1.93. The molecule has 1 aromatic rings. The number of hydrogen-bond donors (Lipinski definition) is 1. The highest BCUT2D eigenvalue weighted by Gasteiger charge is 2.37. The van der Waals surface area contributed by atoms with E-state index < -0.39 is 15.3 Å². The second-order valence-electron chi connectivity index (χ2n) is 5.65. The van der Waals surface area contributed by atoms with E-state index in [4.69, 9.17) is 5.14 Å². The van der Waals surface area contributed by atoms with Crippen molar-refractivity contribution in [2.24, 2.45) is 5.14 Å². The summed E-state index contributed by atoms with van der Waals surface area (Å²) in [7, 11) is -3.74. The third-order valence-electron chi connectivity index (χ3n) is 4.21. The van der Waals surface area contributed by atoms with Gasteiger partial charge in [0.15, 0.2) is 0 Å². The van der Waals surface area contributed by atoms with Crippen LogP contribution < -0.4 is 14.9 Å². The lowest BCUT2D eigenvalue weighted by atomic mass is 10.1. The van der Waals surface area contributed by atoms with Crippen LogP contribution in [0.5, 0.6) is 0 Å². The summed E-state index contributed by atoms with van der Waals surface area (Å²) in [6, 6.07) is 5.43. The summed E-state index contributed by atoms with van der Waals surface area (Å²) in [4.78, 5) is 26.8. The Labute approximate surface area is 128 Å². The first-order chi connectivity index (χ1) is 10.3. The average Bonchev–Trinajstić information content (AvgIpc) is 3.00. The van der Waals surface area contributed by atoms with Gasteiger partial charge in [-0.15, -0.1) is 0 Å². The highest BCUT2D eigenvalue weighted by Crippen LogP contribution is 2.34. The molecular weight excluding hydrogens is 306 g/mol. The number of nitrogens with two attached hydrogens (primary N) is 1. The van der Waals surface area contributed by atoms with Crippen LogP contribution >= 0.6 is 0 Å². The lowest BCUT2D eigenvalue weighted by Gasteiger charge is -2.20. The zero-order chi connectivity index (χ0) is 16.1. The van der Waals surface area contributed by atoms with E-state index in [9.17, 15) is 18.0 Å². The molecule has 3 rings (SSSR count). The molecule has 0 saturated carbocycles. The van der Waals surface area contributed by atoms with E-state index in [1.54, 1.807) is 17.0 Å². The van der Waals surface area contributed by atoms with Gasteiger partial charge in [-0.25, -0.2) is 13.6 Å². The Morgan fingerprint density at radius 3 is 2.68 bits per heavy atom. The van der Waals surface area contributed by atoms with Crippen molar-refractivity contribution in [2.75, 3.05) is 22.9 Å². The maximum absolute atomic E-state index is 12.1. The number of benzene rings is 1. The first-order valence-electron chi connectivity index (χ1n) is 7.00. The molecule has 2 aliphatic rings. The molecule has 0 radical (unpaired) electrons. The summed E-state index contributed by atoms with van der Waals surface area (Å²) < 4.78 is 22.9. The molecule has 0 spiro atoms. The quantitative estimate of drug-likeness (QED) is 0.827. The zero-order valence-corrected chi connectivity index (χ0v) is 13.0. The minimum absolute atomic E-state index is 0.0499. The molecule has 1 saturated heterocycles. The van der Waals surface area contributed by atoms with Gasteiger partial charge >= 0.3 is 0 Å². The Kier molecular flexibility index (Phi) is 3.45. The maximum Gasteiger partial charge on any atom is 0.228 e. The van der Waals surface area contributed by atoms with Crippen molar-refractivity contribution in [2.45, 2.75) is 25.0 Å². The summed E-state index contributed by atoms with van der Waals surface area (Å²) in [5.74, 6) is -0.322. The predicted octanol–water partition coefficient (Wildman–Crippen LogP) is -0.0106. The van der Waals surface area contributed by atoms with Crippen LogP contribution in [0, 0.1) is 0 Å². The second kappa shape index (κ2) is 5.06. The lowest BCUT2D eigenvalue weighted by molar-refractivity contribution is -0.117. The van der Waals surface area contributed by atoms with E-state index in [-0.39, 0.29) is 24.8 Å². The van der Waals surface area contributed by atoms with E-state index in [1.165, 1.54) is 11.8 Å². The smallest absolute Gasteiger partial charge is 0.228 e. The average molecular weight is 323 g/mol. The standard InChI is InChI=1S/C14H17N3O4S/c1-9(18)16-5-4-10-2-3-11(6-13(10)16)17-8-12(7-14(17)19)22(15,20)21/h2-3,6,12H,4-5,7-8H2,1H3,(H2,15,20,21). The van der Waals surface area contributed by atoms with Gasteiger partial charge in [-0.2, -0.15) is 0 Å². The Balaban J connectivity index is 1.93. The van der Waals surface area contributed by atoms with Gasteiger partial charge in [-0.3, -0.25) is 9.59 Å². The van der Waals surface area contributed by atoms with E-state index in [1.807, 2.05) is 6.07 Å². The second-order valence-corrected chi connectivity index (χ2v) is 7.50. The van der Waals surface area contributed by atoms with Crippen LogP contribution in [0.3, 0.4) is 0 Å². The van der Waals surface area contributed by atoms with Gasteiger partial charge in [-0.05, 0) is 24.1 Å². The predicted molar refractivity (Wildman–Crippen MR) is 82.0 cm³/mol. The molecule has 0 aromatic heterocycles. The number of primary sulfonamides is 1. The van der Waals surface area contributed by atoms with Gasteiger partial charge in [0.25, 0.3) is 0 Å². The normalized spacial score (nSPS) is 21.4. The number of carbonyl (C=O) groups is 2. The number of carbonyl (C=O) groups excluding carboxylic acids is 2. The molecule has 1 fully saturated rings. The number of nitrogens with zero attached hydrogens (tertiary/aromatic N) is 2. The summed E-state index contributed by atoms with van der Waals surface area (Å²) in [6.07, 6.45) is 0.676. The van der Waals surface area contributed by atoms with Crippen molar-refractivity contribution in [1.82, 2.24) is 0 Å². The van der Waals surface area contributed by atoms with Crippen LogP contribution in [0.15, 0.2) is 18.2 Å². The molecule has 0 bridgehead atoms. The van der Waals surface area contributed by atoms with Crippen LogP contribution in [0.1, 0.15) is 18.9 Å². The molecular formula is C14H17N3O4S. The highest BCUT2D eigenvalue weighted by atomic mass is 32.2. The zero-order valence-electron chi connectivity index (χ0n) is 12.2. The van der Waals surface area contributed by atoms with Gasteiger partial charge in [0, 0.05) is 37.8 Å². The Morgan fingerprint density at radius 1 is 1.36 bits per heavy atom. The van der Waals surface area contributed by atoms with Crippen LogP contribution in [0.25, 0.3) is 0 Å². The van der Waals surface area contributed by atoms with Gasteiger partial charge in [0.2, 0.25) is 21.8 Å². The molecule has 7 nitrogen and oxygen atoms in total. The maximum atomic E-state index is 12.1. The fourth-order valence-corrected chi connectivity index (χ4v) is 3.74. The fraction of sp³-hybridized carbons (Fsp3) is 0.429. The van der Waals surface area contributed by atoms with Gasteiger partial charge in [0.05, 0.1) is 0 Å². The van der Waals surface area contributed by atoms with E-state index >= 15 is 0 Å². The summed E-state index contributed by atoms with van der Waals surface area (Å²) in [5, 5.41) is 4.26. The molecule has 2 aliphatic heterocycles. The number of fused-ring (bicyclic) bond motifs is 1. The molecule has 118 valence electrons. The van der Waals surface area contributed by atoms with Crippen LogP contribution in [-0.2, 0) is 26.0 Å². The Bertz CT molecular complexity index is 759. The van der Waals surface area contributed by atoms with Crippen LogP contribution in [-0.4, -0.2) is 38.6 Å². The third-order valence-corrected chi connectivity index (χ3v) is 5.46. The van der Waals surface area contributed by atoms with E-state index in [0.717, 1.165) is 17.7 Å². The molecule has 2 heterocycles. The lowest BCUT2D eigenvalue weighted by Crippen LogP contribution is -2.32. The monoisotopic (exact) mass is 323 g/mol.